The zero-order valence-corrected chi connectivity index (χ0v) is 9.03. The van der Waals surface area contributed by atoms with E-state index in [2.05, 4.69) is 20.6 Å². The molecule has 90 valence electrons. The predicted octanol–water partition coefficient (Wildman–Crippen LogP) is -1.28. The van der Waals surface area contributed by atoms with Gasteiger partial charge < -0.3 is 16.4 Å². The lowest BCUT2D eigenvalue weighted by Gasteiger charge is -2.24. The molecule has 5 N–H and O–H groups in total. The van der Waals surface area contributed by atoms with E-state index in [1.54, 1.807) is 0 Å². The summed E-state index contributed by atoms with van der Waals surface area (Å²) in [5.74, 6) is -0.884. The highest BCUT2D eigenvalue weighted by Crippen LogP contribution is 2.19. The van der Waals surface area contributed by atoms with Gasteiger partial charge in [-0.1, -0.05) is 0 Å². The molecule has 2 heterocycles. The van der Waals surface area contributed by atoms with Gasteiger partial charge in [0, 0.05) is 13.5 Å². The molecule has 17 heavy (non-hydrogen) atoms. The number of nitrogens with two attached hydrogens (primary N) is 1. The molecule has 0 spiro atoms. The fourth-order valence-electron chi connectivity index (χ4n) is 1.58. The average molecular weight is 237 g/mol. The summed E-state index contributed by atoms with van der Waals surface area (Å²) in [6.07, 6.45) is 0. The van der Waals surface area contributed by atoms with E-state index in [1.807, 2.05) is 0 Å². The molecule has 0 saturated carbocycles. The summed E-state index contributed by atoms with van der Waals surface area (Å²) in [7, 11) is 0. The van der Waals surface area contributed by atoms with Gasteiger partial charge in [-0.15, -0.1) is 0 Å². The SMILES string of the molecule is CC(=O)C(=O)[C@H]1CNc2nc(N)[nH]c(=O)c2N1. The Balaban J connectivity index is 2.34. The number of ketones is 2. The number of aromatic nitrogens is 2. The molecule has 8 heteroatoms. The van der Waals surface area contributed by atoms with Gasteiger partial charge in [0.2, 0.25) is 11.7 Å². The maximum Gasteiger partial charge on any atom is 0.277 e. The molecule has 1 aromatic rings. The minimum absolute atomic E-state index is 0.0144. The van der Waals surface area contributed by atoms with E-state index in [0.717, 1.165) is 0 Å². The van der Waals surface area contributed by atoms with Crippen LogP contribution in [-0.2, 0) is 9.59 Å². The molecule has 0 bridgehead atoms. The maximum atomic E-state index is 11.5. The van der Waals surface area contributed by atoms with Gasteiger partial charge in [-0.05, 0) is 0 Å². The minimum Gasteiger partial charge on any atom is -0.369 e. The topological polar surface area (TPSA) is 130 Å². The van der Waals surface area contributed by atoms with Gasteiger partial charge in [0.05, 0.1) is 0 Å². The van der Waals surface area contributed by atoms with Crippen molar-refractivity contribution in [3.63, 3.8) is 0 Å². The van der Waals surface area contributed by atoms with Crippen LogP contribution in [0.4, 0.5) is 17.5 Å². The Labute approximate surface area is 95.6 Å². The molecule has 8 nitrogen and oxygen atoms in total. The number of anilines is 3. The maximum absolute atomic E-state index is 11.5. The number of Topliss-reactive ketones (excluding diaryl/α,β-unsaturated/α-hetero) is 2. The first kappa shape index (κ1) is 11.1. The highest BCUT2D eigenvalue weighted by Gasteiger charge is 2.28. The van der Waals surface area contributed by atoms with Crippen molar-refractivity contribution in [3.8, 4) is 0 Å². The van der Waals surface area contributed by atoms with Gasteiger partial charge in [0.15, 0.2) is 11.6 Å². The van der Waals surface area contributed by atoms with Crippen LogP contribution >= 0.6 is 0 Å². The Bertz CT molecular complexity index is 550. The third kappa shape index (κ3) is 1.96. The summed E-state index contributed by atoms with van der Waals surface area (Å²) in [5.41, 5.74) is 5.00. The number of fused-ring (bicyclic) bond motifs is 1. The summed E-state index contributed by atoms with van der Waals surface area (Å²) >= 11 is 0. The number of carbonyl (C=O) groups excluding carboxylic acids is 2. The van der Waals surface area contributed by atoms with Gasteiger partial charge in [0.25, 0.3) is 5.56 Å². The monoisotopic (exact) mass is 237 g/mol. The number of carbonyl (C=O) groups is 2. The van der Waals surface area contributed by atoms with Crippen LogP contribution < -0.4 is 21.9 Å². The lowest BCUT2D eigenvalue weighted by molar-refractivity contribution is -0.135. The minimum atomic E-state index is -0.758. The van der Waals surface area contributed by atoms with Gasteiger partial charge in [-0.2, -0.15) is 4.98 Å². The fourth-order valence-corrected chi connectivity index (χ4v) is 1.58. The van der Waals surface area contributed by atoms with Gasteiger partial charge in [0.1, 0.15) is 11.7 Å². The van der Waals surface area contributed by atoms with Gasteiger partial charge in [-0.25, -0.2) is 0 Å². The van der Waals surface area contributed by atoms with Crippen LogP contribution in [0.15, 0.2) is 4.79 Å². The smallest absolute Gasteiger partial charge is 0.277 e. The molecule has 1 aliphatic heterocycles. The third-order valence-corrected chi connectivity index (χ3v) is 2.39. The van der Waals surface area contributed by atoms with E-state index in [1.165, 1.54) is 6.92 Å². The lowest BCUT2D eigenvalue weighted by Crippen LogP contribution is -2.44. The molecule has 0 unspecified atom stereocenters. The number of aromatic amines is 1. The Morgan fingerprint density at radius 3 is 2.82 bits per heavy atom. The van der Waals surface area contributed by atoms with Crippen molar-refractivity contribution in [3.05, 3.63) is 10.4 Å². The van der Waals surface area contributed by atoms with E-state index < -0.39 is 23.2 Å². The fraction of sp³-hybridized carbons (Fsp3) is 0.333. The highest BCUT2D eigenvalue weighted by atomic mass is 16.2. The highest BCUT2D eigenvalue weighted by molar-refractivity contribution is 6.39. The number of rotatable bonds is 2. The standard InChI is InChI=1S/C9H11N5O3/c1-3(15)6(16)4-2-11-7-5(12-4)8(17)14-9(10)13-7/h4,12H,2H2,1H3,(H4,10,11,13,14,17)/t4-/m1/s1. The third-order valence-electron chi connectivity index (χ3n) is 2.39. The molecule has 0 fully saturated rings. The normalized spacial score (nSPS) is 17.6. The van der Waals surface area contributed by atoms with Crippen LogP contribution in [0.2, 0.25) is 0 Å². The first-order valence-corrected chi connectivity index (χ1v) is 4.94. The molecule has 0 aromatic carbocycles. The first-order chi connectivity index (χ1) is 7.99. The Hall–Kier alpha value is -2.38. The zero-order chi connectivity index (χ0) is 12.6. The van der Waals surface area contributed by atoms with Crippen LogP contribution in [0.1, 0.15) is 6.92 Å². The quantitative estimate of drug-likeness (QED) is 0.471. The van der Waals surface area contributed by atoms with Crippen LogP contribution in [0.3, 0.4) is 0 Å². The van der Waals surface area contributed by atoms with Crippen molar-refractivity contribution < 1.29 is 9.59 Å². The molecule has 1 aliphatic rings. The van der Waals surface area contributed by atoms with E-state index >= 15 is 0 Å². The second-order valence-electron chi connectivity index (χ2n) is 3.67. The molecule has 0 aliphatic carbocycles. The number of hydrogen-bond donors (Lipinski definition) is 4. The predicted molar refractivity (Wildman–Crippen MR) is 60.9 cm³/mol. The second-order valence-corrected chi connectivity index (χ2v) is 3.67. The number of nitrogens with zero attached hydrogens (tertiary/aromatic N) is 1. The molecule has 0 radical (unpaired) electrons. The summed E-state index contributed by atoms with van der Waals surface area (Å²) in [5, 5.41) is 5.46. The van der Waals surface area contributed by atoms with Gasteiger partial charge in [-0.3, -0.25) is 19.4 Å². The molecular weight excluding hydrogens is 226 g/mol. The Kier molecular flexibility index (Phi) is 2.54. The van der Waals surface area contributed by atoms with E-state index in [-0.39, 0.29) is 24.0 Å². The molecule has 0 amide bonds. The summed E-state index contributed by atoms with van der Waals surface area (Å²) < 4.78 is 0. The molecule has 1 aromatic heterocycles. The van der Waals surface area contributed by atoms with Crippen LogP contribution in [0.25, 0.3) is 0 Å². The zero-order valence-electron chi connectivity index (χ0n) is 9.03. The van der Waals surface area contributed by atoms with Crippen LogP contribution in [-0.4, -0.2) is 34.1 Å². The lowest BCUT2D eigenvalue weighted by atomic mass is 10.1. The van der Waals surface area contributed by atoms with Crippen molar-refractivity contribution in [2.75, 3.05) is 22.9 Å². The molecular formula is C9H11N5O3. The van der Waals surface area contributed by atoms with Crippen molar-refractivity contribution in [1.82, 2.24) is 9.97 Å². The van der Waals surface area contributed by atoms with Crippen molar-refractivity contribution in [2.24, 2.45) is 0 Å². The second kappa shape index (κ2) is 3.89. The van der Waals surface area contributed by atoms with Crippen molar-refractivity contribution in [2.45, 2.75) is 13.0 Å². The summed E-state index contributed by atoms with van der Waals surface area (Å²) in [6.45, 7) is 1.37. The van der Waals surface area contributed by atoms with Gasteiger partial charge >= 0.3 is 0 Å². The Morgan fingerprint density at radius 2 is 2.18 bits per heavy atom. The average Bonchev–Trinajstić information content (AvgIpc) is 2.27. The first-order valence-electron chi connectivity index (χ1n) is 4.94. The van der Waals surface area contributed by atoms with Crippen LogP contribution in [0, 0.1) is 0 Å². The van der Waals surface area contributed by atoms with E-state index in [9.17, 15) is 14.4 Å². The molecule has 1 atom stereocenters. The van der Waals surface area contributed by atoms with Crippen LogP contribution in [0.5, 0.6) is 0 Å². The number of nitrogen functional groups attached to an aromatic ring is 1. The Morgan fingerprint density at radius 1 is 1.47 bits per heavy atom. The number of nitrogens with one attached hydrogen (secondary N) is 3. The number of H-pyrrole nitrogens is 1. The van der Waals surface area contributed by atoms with Crippen molar-refractivity contribution >= 4 is 29.0 Å². The molecule has 0 saturated heterocycles. The number of hydrogen-bond acceptors (Lipinski definition) is 7. The molecule has 2 rings (SSSR count). The van der Waals surface area contributed by atoms with E-state index in [0.29, 0.717) is 0 Å². The van der Waals surface area contributed by atoms with Crippen molar-refractivity contribution in [1.29, 1.82) is 0 Å². The van der Waals surface area contributed by atoms with E-state index in [4.69, 9.17) is 5.73 Å². The summed E-state index contributed by atoms with van der Waals surface area (Å²) in [4.78, 5) is 40.1. The summed E-state index contributed by atoms with van der Waals surface area (Å²) in [6, 6.07) is -0.758. The largest absolute Gasteiger partial charge is 0.369 e.